The van der Waals surface area contributed by atoms with Crippen LogP contribution in [0.5, 0.6) is 11.5 Å². The first-order valence-electron chi connectivity index (χ1n) is 5.11. The smallest absolute Gasteiger partial charge is 0.288 e. The summed E-state index contributed by atoms with van der Waals surface area (Å²) >= 11 is 0. The summed E-state index contributed by atoms with van der Waals surface area (Å²) in [4.78, 5) is 16.3. The summed E-state index contributed by atoms with van der Waals surface area (Å²) in [5.74, 6) is 0.893. The van der Waals surface area contributed by atoms with Gasteiger partial charge in [-0.1, -0.05) is 12.1 Å². The Morgan fingerprint density at radius 3 is 3.00 bits per heavy atom. The van der Waals surface area contributed by atoms with Crippen LogP contribution in [0, 0.1) is 0 Å². The number of fused-ring (bicyclic) bond motifs is 1. The molecule has 0 aliphatic carbocycles. The number of benzene rings is 1. The molecule has 2 rings (SSSR count). The molecule has 1 aliphatic heterocycles. The van der Waals surface area contributed by atoms with Crippen LogP contribution in [0.2, 0.25) is 0 Å². The van der Waals surface area contributed by atoms with Crippen LogP contribution < -0.4 is 15.0 Å². The average Bonchev–Trinajstić information content (AvgIpc) is 2.35. The van der Waals surface area contributed by atoms with Gasteiger partial charge in [0.15, 0.2) is 11.5 Å². The van der Waals surface area contributed by atoms with Gasteiger partial charge in [-0.25, -0.2) is 5.48 Å². The Bertz CT molecular complexity index is 380. The van der Waals surface area contributed by atoms with Gasteiger partial charge in [-0.15, -0.1) is 0 Å². The van der Waals surface area contributed by atoms with Crippen molar-refractivity contribution in [2.24, 2.45) is 0 Å². The second-order valence-corrected chi connectivity index (χ2v) is 3.26. The van der Waals surface area contributed by atoms with Crippen LogP contribution >= 0.6 is 0 Å². The van der Waals surface area contributed by atoms with E-state index >= 15 is 0 Å². The quantitative estimate of drug-likeness (QED) is 0.773. The van der Waals surface area contributed by atoms with Crippen LogP contribution in [-0.4, -0.2) is 25.2 Å². The van der Waals surface area contributed by atoms with Crippen molar-refractivity contribution in [3.63, 3.8) is 0 Å². The Morgan fingerprint density at radius 2 is 2.25 bits per heavy atom. The predicted molar refractivity (Wildman–Crippen MR) is 56.1 cm³/mol. The first-order chi connectivity index (χ1) is 7.81. The number of rotatable bonds is 3. The number of carbonyl (C=O) groups is 1. The molecule has 1 N–H and O–H groups in total. The largest absolute Gasteiger partial charge is 0.485 e. The topological polar surface area (TPSA) is 56.8 Å². The maximum atomic E-state index is 11.5. The molecule has 1 aromatic carbocycles. The SMILES string of the molecule is CCONC(=O)[C@H]1COc2ccccc2O1. The van der Waals surface area contributed by atoms with Crippen LogP contribution in [0.15, 0.2) is 24.3 Å². The Labute approximate surface area is 93.3 Å². The van der Waals surface area contributed by atoms with Crippen LogP contribution in [0.1, 0.15) is 6.92 Å². The Balaban J connectivity index is 1.99. The van der Waals surface area contributed by atoms with E-state index in [0.29, 0.717) is 18.1 Å². The van der Waals surface area contributed by atoms with Gasteiger partial charge in [0.05, 0.1) is 6.61 Å². The van der Waals surface area contributed by atoms with Gasteiger partial charge in [-0.05, 0) is 19.1 Å². The van der Waals surface area contributed by atoms with E-state index in [9.17, 15) is 4.79 Å². The van der Waals surface area contributed by atoms with Gasteiger partial charge < -0.3 is 9.47 Å². The minimum absolute atomic E-state index is 0.190. The molecule has 16 heavy (non-hydrogen) atoms. The molecule has 1 amide bonds. The van der Waals surface area contributed by atoms with E-state index in [0.717, 1.165) is 0 Å². The number of carbonyl (C=O) groups excluding carboxylic acids is 1. The summed E-state index contributed by atoms with van der Waals surface area (Å²) in [7, 11) is 0. The highest BCUT2D eigenvalue weighted by Crippen LogP contribution is 2.30. The van der Waals surface area contributed by atoms with E-state index < -0.39 is 6.10 Å². The third-order valence-corrected chi connectivity index (χ3v) is 2.12. The highest BCUT2D eigenvalue weighted by atomic mass is 16.7. The molecular formula is C11H13NO4. The van der Waals surface area contributed by atoms with Crippen molar-refractivity contribution >= 4 is 5.91 Å². The molecule has 0 aromatic heterocycles. The minimum Gasteiger partial charge on any atom is -0.485 e. The average molecular weight is 223 g/mol. The van der Waals surface area contributed by atoms with Crippen molar-refractivity contribution in [3.8, 4) is 11.5 Å². The standard InChI is InChI=1S/C11H13NO4/c1-2-15-12-11(13)10-7-14-8-5-3-4-6-9(8)16-10/h3-6,10H,2,7H2,1H3,(H,12,13)/t10-/m1/s1. The van der Waals surface area contributed by atoms with Crippen LogP contribution in [-0.2, 0) is 9.63 Å². The lowest BCUT2D eigenvalue weighted by Crippen LogP contribution is -2.43. The zero-order valence-corrected chi connectivity index (χ0v) is 8.93. The predicted octanol–water partition coefficient (Wildman–Crippen LogP) is 0.894. The second-order valence-electron chi connectivity index (χ2n) is 3.26. The van der Waals surface area contributed by atoms with Gasteiger partial charge >= 0.3 is 0 Å². The Hall–Kier alpha value is -1.75. The molecule has 1 aromatic rings. The first kappa shape index (κ1) is 10.8. The fraction of sp³-hybridized carbons (Fsp3) is 0.364. The lowest BCUT2D eigenvalue weighted by Gasteiger charge is -2.25. The number of hydroxylamine groups is 1. The van der Waals surface area contributed by atoms with Crippen LogP contribution in [0.25, 0.3) is 0 Å². The van der Waals surface area contributed by atoms with E-state index in [1.807, 2.05) is 12.1 Å². The monoisotopic (exact) mass is 223 g/mol. The summed E-state index contributed by atoms with van der Waals surface area (Å²) in [5.41, 5.74) is 2.29. The fourth-order valence-electron chi connectivity index (χ4n) is 1.36. The summed E-state index contributed by atoms with van der Waals surface area (Å²) in [6, 6.07) is 7.23. The zero-order chi connectivity index (χ0) is 11.4. The van der Waals surface area contributed by atoms with Crippen LogP contribution in [0.4, 0.5) is 0 Å². The van der Waals surface area contributed by atoms with Crippen molar-refractivity contribution < 1.29 is 19.1 Å². The lowest BCUT2D eigenvalue weighted by molar-refractivity contribution is -0.142. The second kappa shape index (κ2) is 4.85. The molecule has 0 bridgehead atoms. The summed E-state index contributed by atoms with van der Waals surface area (Å²) in [5, 5.41) is 0. The Kier molecular flexibility index (Phi) is 3.26. The molecule has 0 fully saturated rings. The zero-order valence-electron chi connectivity index (χ0n) is 8.93. The number of amides is 1. The van der Waals surface area contributed by atoms with E-state index in [1.165, 1.54) is 0 Å². The normalized spacial score (nSPS) is 17.9. The summed E-state index contributed by atoms with van der Waals surface area (Å²) < 4.78 is 10.9. The van der Waals surface area contributed by atoms with Crippen molar-refractivity contribution in [1.82, 2.24) is 5.48 Å². The molecule has 1 aliphatic rings. The summed E-state index contributed by atoms with van der Waals surface area (Å²) in [6.45, 7) is 2.39. The number of hydrogen-bond acceptors (Lipinski definition) is 4. The minimum atomic E-state index is -0.665. The Morgan fingerprint density at radius 1 is 1.50 bits per heavy atom. The van der Waals surface area contributed by atoms with Crippen molar-refractivity contribution in [3.05, 3.63) is 24.3 Å². The number of nitrogens with one attached hydrogen (secondary N) is 1. The van der Waals surface area contributed by atoms with E-state index in [1.54, 1.807) is 19.1 Å². The molecule has 0 spiro atoms. The third-order valence-electron chi connectivity index (χ3n) is 2.12. The first-order valence-corrected chi connectivity index (χ1v) is 5.11. The van der Waals surface area contributed by atoms with Crippen molar-refractivity contribution in [2.45, 2.75) is 13.0 Å². The molecule has 5 heteroatoms. The molecule has 1 atom stereocenters. The summed E-state index contributed by atoms with van der Waals surface area (Å²) in [6.07, 6.45) is -0.665. The lowest BCUT2D eigenvalue weighted by atomic mass is 10.2. The maximum Gasteiger partial charge on any atom is 0.288 e. The van der Waals surface area contributed by atoms with Gasteiger partial charge in [-0.2, -0.15) is 0 Å². The van der Waals surface area contributed by atoms with Crippen molar-refractivity contribution in [1.29, 1.82) is 0 Å². The number of para-hydroxylation sites is 2. The third kappa shape index (κ3) is 2.25. The van der Waals surface area contributed by atoms with Gasteiger partial charge in [0.25, 0.3) is 5.91 Å². The molecule has 0 radical (unpaired) electrons. The van der Waals surface area contributed by atoms with Crippen LogP contribution in [0.3, 0.4) is 0 Å². The maximum absolute atomic E-state index is 11.5. The molecular weight excluding hydrogens is 210 g/mol. The van der Waals surface area contributed by atoms with Gasteiger partial charge in [0.1, 0.15) is 6.61 Å². The van der Waals surface area contributed by atoms with E-state index in [-0.39, 0.29) is 12.5 Å². The highest BCUT2D eigenvalue weighted by Gasteiger charge is 2.27. The van der Waals surface area contributed by atoms with Gasteiger partial charge in [-0.3, -0.25) is 9.63 Å². The molecule has 0 unspecified atom stereocenters. The molecule has 5 nitrogen and oxygen atoms in total. The van der Waals surface area contributed by atoms with Crippen molar-refractivity contribution in [2.75, 3.05) is 13.2 Å². The fourth-order valence-corrected chi connectivity index (χ4v) is 1.36. The number of ether oxygens (including phenoxy) is 2. The van der Waals surface area contributed by atoms with Gasteiger partial charge in [0.2, 0.25) is 6.10 Å². The number of hydrogen-bond donors (Lipinski definition) is 1. The highest BCUT2D eigenvalue weighted by molar-refractivity contribution is 5.80. The van der Waals surface area contributed by atoms with Gasteiger partial charge in [0, 0.05) is 0 Å². The molecule has 0 saturated heterocycles. The molecule has 0 saturated carbocycles. The molecule has 86 valence electrons. The molecule has 1 heterocycles. The van der Waals surface area contributed by atoms with E-state index in [2.05, 4.69) is 5.48 Å². The van der Waals surface area contributed by atoms with E-state index in [4.69, 9.17) is 14.3 Å².